The highest BCUT2D eigenvalue weighted by Crippen LogP contribution is 2.27. The molecule has 1 aromatic heterocycles. The van der Waals surface area contributed by atoms with Crippen LogP contribution in [-0.4, -0.2) is 4.98 Å². The third-order valence-electron chi connectivity index (χ3n) is 3.22. The Morgan fingerprint density at radius 3 is 2.65 bits per heavy atom. The Hall–Kier alpha value is -2.61. The molecule has 0 aliphatic rings. The van der Waals surface area contributed by atoms with Crippen LogP contribution >= 0.6 is 0 Å². The Labute approximate surface area is 118 Å². The predicted molar refractivity (Wildman–Crippen MR) is 82.6 cm³/mol. The lowest BCUT2D eigenvalue weighted by atomic mass is 10.1. The van der Waals surface area contributed by atoms with Crippen LogP contribution in [0.25, 0.3) is 17.0 Å². The molecule has 0 fully saturated rings. The van der Waals surface area contributed by atoms with Crippen LogP contribution in [0.1, 0.15) is 11.1 Å². The molecule has 0 aliphatic carbocycles. The van der Waals surface area contributed by atoms with Gasteiger partial charge in [0.2, 0.25) is 0 Å². The van der Waals surface area contributed by atoms with E-state index in [0.29, 0.717) is 6.61 Å². The molecule has 0 atom stereocenters. The zero-order valence-corrected chi connectivity index (χ0v) is 11.1. The summed E-state index contributed by atoms with van der Waals surface area (Å²) in [6, 6.07) is 18.0. The van der Waals surface area contributed by atoms with Gasteiger partial charge in [-0.3, -0.25) is 4.98 Å². The van der Waals surface area contributed by atoms with Gasteiger partial charge in [-0.2, -0.15) is 0 Å². The number of aromatic nitrogens is 1. The van der Waals surface area contributed by atoms with Crippen molar-refractivity contribution in [2.75, 3.05) is 0 Å². The van der Waals surface area contributed by atoms with Gasteiger partial charge in [0, 0.05) is 11.6 Å². The Balaban J connectivity index is 1.94. The first-order valence-corrected chi connectivity index (χ1v) is 6.55. The number of hydrogen-bond donors (Lipinski definition) is 0. The van der Waals surface area contributed by atoms with Crippen LogP contribution in [0.15, 0.2) is 67.4 Å². The summed E-state index contributed by atoms with van der Waals surface area (Å²) in [5.41, 5.74) is 3.09. The van der Waals surface area contributed by atoms with Crippen molar-refractivity contribution in [3.63, 3.8) is 0 Å². The van der Waals surface area contributed by atoms with Crippen LogP contribution in [0.3, 0.4) is 0 Å². The van der Waals surface area contributed by atoms with E-state index in [4.69, 9.17) is 4.74 Å². The van der Waals surface area contributed by atoms with E-state index < -0.39 is 0 Å². The van der Waals surface area contributed by atoms with E-state index in [1.807, 2.05) is 60.7 Å². The maximum Gasteiger partial charge on any atom is 0.146 e. The number of benzene rings is 2. The molecule has 0 aliphatic heterocycles. The van der Waals surface area contributed by atoms with Crippen LogP contribution in [0.5, 0.6) is 5.75 Å². The summed E-state index contributed by atoms with van der Waals surface area (Å²) in [6.07, 6.45) is 3.62. The molecule has 3 aromatic rings. The lowest BCUT2D eigenvalue weighted by Gasteiger charge is -2.10. The number of ether oxygens (including phenoxy) is 1. The van der Waals surface area contributed by atoms with E-state index in [2.05, 4.69) is 11.6 Å². The van der Waals surface area contributed by atoms with Crippen molar-refractivity contribution >= 4 is 17.0 Å². The van der Waals surface area contributed by atoms with E-state index in [9.17, 15) is 0 Å². The smallest absolute Gasteiger partial charge is 0.146 e. The van der Waals surface area contributed by atoms with Gasteiger partial charge in [0.1, 0.15) is 17.9 Å². The molecule has 0 saturated carbocycles. The highest BCUT2D eigenvalue weighted by Gasteiger charge is 2.06. The van der Waals surface area contributed by atoms with Crippen molar-refractivity contribution in [1.82, 2.24) is 4.98 Å². The molecule has 2 aromatic carbocycles. The lowest BCUT2D eigenvalue weighted by molar-refractivity contribution is 0.309. The molecule has 0 bridgehead atoms. The van der Waals surface area contributed by atoms with E-state index in [1.165, 1.54) is 0 Å². The van der Waals surface area contributed by atoms with Gasteiger partial charge in [-0.05, 0) is 23.3 Å². The topological polar surface area (TPSA) is 22.1 Å². The number of hydrogen-bond acceptors (Lipinski definition) is 2. The second-order valence-electron chi connectivity index (χ2n) is 4.53. The van der Waals surface area contributed by atoms with E-state index in [-0.39, 0.29) is 0 Å². The molecule has 0 unspecified atom stereocenters. The van der Waals surface area contributed by atoms with Crippen molar-refractivity contribution in [2.45, 2.75) is 6.61 Å². The van der Waals surface area contributed by atoms with Crippen molar-refractivity contribution in [3.05, 3.63) is 78.5 Å². The third-order valence-corrected chi connectivity index (χ3v) is 3.22. The van der Waals surface area contributed by atoms with Crippen molar-refractivity contribution in [2.24, 2.45) is 0 Å². The minimum Gasteiger partial charge on any atom is -0.487 e. The van der Waals surface area contributed by atoms with Gasteiger partial charge >= 0.3 is 0 Å². The highest BCUT2D eigenvalue weighted by molar-refractivity contribution is 5.91. The first-order chi connectivity index (χ1) is 9.88. The first-order valence-electron chi connectivity index (χ1n) is 6.55. The van der Waals surface area contributed by atoms with Crippen molar-refractivity contribution in [1.29, 1.82) is 0 Å². The number of nitrogens with zero attached hydrogens (tertiary/aromatic N) is 1. The van der Waals surface area contributed by atoms with Crippen molar-refractivity contribution in [3.8, 4) is 5.75 Å². The molecular formula is C18H15NO. The first kappa shape index (κ1) is 12.4. The average molecular weight is 261 g/mol. The third kappa shape index (κ3) is 2.41. The van der Waals surface area contributed by atoms with Crippen LogP contribution in [0.4, 0.5) is 0 Å². The van der Waals surface area contributed by atoms with Gasteiger partial charge in [-0.15, -0.1) is 0 Å². The number of fused-ring (bicyclic) bond motifs is 1. The Morgan fingerprint density at radius 1 is 1.00 bits per heavy atom. The summed E-state index contributed by atoms with van der Waals surface area (Å²) in [7, 11) is 0. The summed E-state index contributed by atoms with van der Waals surface area (Å²) in [6.45, 7) is 4.38. The zero-order valence-electron chi connectivity index (χ0n) is 11.1. The molecule has 98 valence electrons. The summed E-state index contributed by atoms with van der Waals surface area (Å²) < 4.78 is 5.91. The van der Waals surface area contributed by atoms with Gasteiger partial charge in [0.15, 0.2) is 0 Å². The number of pyridine rings is 1. The van der Waals surface area contributed by atoms with Gasteiger partial charge in [0.25, 0.3) is 0 Å². The second-order valence-corrected chi connectivity index (χ2v) is 4.53. The second kappa shape index (κ2) is 5.57. The fourth-order valence-electron chi connectivity index (χ4n) is 2.20. The molecule has 0 radical (unpaired) electrons. The van der Waals surface area contributed by atoms with Crippen molar-refractivity contribution < 1.29 is 4.74 Å². The Bertz CT molecular complexity index is 735. The maximum atomic E-state index is 5.91. The molecule has 0 saturated heterocycles. The van der Waals surface area contributed by atoms with Gasteiger partial charge in [0.05, 0.1) is 0 Å². The largest absolute Gasteiger partial charge is 0.487 e. The summed E-state index contributed by atoms with van der Waals surface area (Å²) >= 11 is 0. The molecule has 0 amide bonds. The minimum atomic E-state index is 0.542. The fourth-order valence-corrected chi connectivity index (χ4v) is 2.20. The fraction of sp³-hybridized carbons (Fsp3) is 0.0556. The van der Waals surface area contributed by atoms with Gasteiger partial charge < -0.3 is 4.74 Å². The van der Waals surface area contributed by atoms with Crippen LogP contribution in [0, 0.1) is 0 Å². The zero-order chi connectivity index (χ0) is 13.8. The molecule has 2 nitrogen and oxygen atoms in total. The van der Waals surface area contributed by atoms with Crippen LogP contribution < -0.4 is 4.74 Å². The standard InChI is InChI=1S/C18H15NO/c1-2-15-10-11-17(18-16(15)9-6-12-19-18)20-13-14-7-4-3-5-8-14/h2-12H,1,13H2. The summed E-state index contributed by atoms with van der Waals surface area (Å²) in [4.78, 5) is 4.43. The SMILES string of the molecule is C=Cc1ccc(OCc2ccccc2)c2ncccc12. The number of rotatable bonds is 4. The summed E-state index contributed by atoms with van der Waals surface area (Å²) in [5.74, 6) is 0.801. The van der Waals surface area contributed by atoms with E-state index >= 15 is 0 Å². The Kier molecular flexibility index (Phi) is 3.46. The Morgan fingerprint density at radius 2 is 1.85 bits per heavy atom. The van der Waals surface area contributed by atoms with Crippen LogP contribution in [0.2, 0.25) is 0 Å². The molecule has 1 heterocycles. The molecule has 2 heteroatoms. The van der Waals surface area contributed by atoms with E-state index in [0.717, 1.165) is 27.8 Å². The monoisotopic (exact) mass is 261 g/mol. The normalized spacial score (nSPS) is 10.4. The molecule has 3 rings (SSSR count). The lowest BCUT2D eigenvalue weighted by Crippen LogP contribution is -1.97. The predicted octanol–water partition coefficient (Wildman–Crippen LogP) is 4.46. The summed E-state index contributed by atoms with van der Waals surface area (Å²) in [5, 5.41) is 1.06. The van der Waals surface area contributed by atoms with Gasteiger partial charge in [-0.25, -0.2) is 0 Å². The molecule has 0 N–H and O–H groups in total. The maximum absolute atomic E-state index is 5.91. The quantitative estimate of drug-likeness (QED) is 0.692. The average Bonchev–Trinajstić information content (AvgIpc) is 2.53. The minimum absolute atomic E-state index is 0.542. The van der Waals surface area contributed by atoms with Gasteiger partial charge in [-0.1, -0.05) is 55.1 Å². The molecular weight excluding hydrogens is 246 g/mol. The molecule has 0 spiro atoms. The molecule has 20 heavy (non-hydrogen) atoms. The highest BCUT2D eigenvalue weighted by atomic mass is 16.5. The van der Waals surface area contributed by atoms with E-state index in [1.54, 1.807) is 6.20 Å². The van der Waals surface area contributed by atoms with Crippen LogP contribution in [-0.2, 0) is 6.61 Å².